The van der Waals surface area contributed by atoms with Gasteiger partial charge in [0.15, 0.2) is 5.82 Å². The average Bonchev–Trinajstić information content (AvgIpc) is 3.29. The lowest BCUT2D eigenvalue weighted by Gasteiger charge is -2.30. The molecule has 3 aromatic rings. The summed E-state index contributed by atoms with van der Waals surface area (Å²) in [6.07, 6.45) is 5.06. The van der Waals surface area contributed by atoms with Crippen LogP contribution >= 0.6 is 11.3 Å². The van der Waals surface area contributed by atoms with Crippen molar-refractivity contribution in [2.45, 2.75) is 32.6 Å². The Bertz CT molecular complexity index is 913. The molecule has 0 bridgehead atoms. The number of thiazole rings is 1. The van der Waals surface area contributed by atoms with E-state index in [2.05, 4.69) is 20.1 Å². The van der Waals surface area contributed by atoms with E-state index < -0.39 is 0 Å². The van der Waals surface area contributed by atoms with E-state index in [1.165, 1.54) is 11.3 Å². The molecule has 1 aliphatic heterocycles. The fraction of sp³-hybridized carbons (Fsp3) is 0.389. The fourth-order valence-corrected chi connectivity index (χ4v) is 4.11. The van der Waals surface area contributed by atoms with Gasteiger partial charge in [-0.05, 0) is 38.8 Å². The molecule has 7 nitrogen and oxygen atoms in total. The second-order valence-electron chi connectivity index (χ2n) is 6.41. The highest BCUT2D eigenvalue weighted by molar-refractivity contribution is 7.13. The maximum absolute atomic E-state index is 12.7. The number of carbonyl (C=O) groups is 1. The topological polar surface area (TPSA) is 85.0 Å². The zero-order valence-electron chi connectivity index (χ0n) is 14.7. The standard InChI is InChI=1S/C18H19N5O2S/c1-11-15(26-12(2)20-11)18(24)23-9-5-13(6-10-23)16-21-17(25-22-16)14-3-7-19-8-4-14/h3-4,7-8,13H,5-6,9-10H2,1-2H3. The van der Waals surface area contributed by atoms with Gasteiger partial charge in [-0.3, -0.25) is 9.78 Å². The van der Waals surface area contributed by atoms with Gasteiger partial charge in [0.2, 0.25) is 0 Å². The summed E-state index contributed by atoms with van der Waals surface area (Å²) in [4.78, 5) is 28.2. The zero-order valence-corrected chi connectivity index (χ0v) is 15.5. The summed E-state index contributed by atoms with van der Waals surface area (Å²) >= 11 is 1.47. The maximum atomic E-state index is 12.7. The maximum Gasteiger partial charge on any atom is 0.265 e. The molecule has 134 valence electrons. The number of carbonyl (C=O) groups excluding carboxylic acids is 1. The fourth-order valence-electron chi connectivity index (χ4n) is 3.23. The normalized spacial score (nSPS) is 15.4. The van der Waals surface area contributed by atoms with Crippen LogP contribution in [0.3, 0.4) is 0 Å². The van der Waals surface area contributed by atoms with Crippen LogP contribution < -0.4 is 0 Å². The molecule has 0 spiro atoms. The molecular formula is C18H19N5O2S. The summed E-state index contributed by atoms with van der Waals surface area (Å²) in [6.45, 7) is 5.21. The van der Waals surface area contributed by atoms with E-state index in [-0.39, 0.29) is 11.8 Å². The van der Waals surface area contributed by atoms with Gasteiger partial charge in [0.05, 0.1) is 10.7 Å². The van der Waals surface area contributed by atoms with Gasteiger partial charge in [-0.2, -0.15) is 4.98 Å². The van der Waals surface area contributed by atoms with Gasteiger partial charge in [-0.15, -0.1) is 11.3 Å². The van der Waals surface area contributed by atoms with Crippen LogP contribution in [0.15, 0.2) is 29.0 Å². The van der Waals surface area contributed by atoms with Crippen LogP contribution in [0.2, 0.25) is 0 Å². The Morgan fingerprint density at radius 2 is 1.92 bits per heavy atom. The van der Waals surface area contributed by atoms with Crippen molar-refractivity contribution in [3.63, 3.8) is 0 Å². The number of likely N-dealkylation sites (tertiary alicyclic amines) is 1. The minimum atomic E-state index is 0.0807. The van der Waals surface area contributed by atoms with Crippen LogP contribution in [0.4, 0.5) is 0 Å². The van der Waals surface area contributed by atoms with Crippen LogP contribution in [-0.4, -0.2) is 44.0 Å². The first-order chi connectivity index (χ1) is 12.6. The molecule has 0 aliphatic carbocycles. The van der Waals surface area contributed by atoms with Crippen LogP contribution in [0.25, 0.3) is 11.5 Å². The number of hydrogen-bond acceptors (Lipinski definition) is 7. The Labute approximate surface area is 155 Å². The molecule has 26 heavy (non-hydrogen) atoms. The average molecular weight is 369 g/mol. The number of piperidine rings is 1. The number of pyridine rings is 1. The second-order valence-corrected chi connectivity index (χ2v) is 7.61. The molecule has 1 amide bonds. The molecule has 1 fully saturated rings. The van der Waals surface area contributed by atoms with Gasteiger partial charge in [0.1, 0.15) is 4.88 Å². The van der Waals surface area contributed by atoms with Gasteiger partial charge in [-0.1, -0.05) is 5.16 Å². The molecule has 1 aliphatic rings. The van der Waals surface area contributed by atoms with E-state index >= 15 is 0 Å². The molecule has 3 aromatic heterocycles. The highest BCUT2D eigenvalue weighted by Crippen LogP contribution is 2.29. The summed E-state index contributed by atoms with van der Waals surface area (Å²) in [5, 5.41) is 5.07. The number of aromatic nitrogens is 4. The van der Waals surface area contributed by atoms with E-state index in [9.17, 15) is 4.79 Å². The smallest absolute Gasteiger partial charge is 0.265 e. The second kappa shape index (κ2) is 6.95. The molecule has 4 heterocycles. The Hall–Kier alpha value is -2.61. The third-order valence-electron chi connectivity index (χ3n) is 4.61. The van der Waals surface area contributed by atoms with E-state index in [4.69, 9.17) is 4.52 Å². The quantitative estimate of drug-likeness (QED) is 0.705. The third kappa shape index (κ3) is 3.24. The summed E-state index contributed by atoms with van der Waals surface area (Å²) in [7, 11) is 0. The Morgan fingerprint density at radius 3 is 2.58 bits per heavy atom. The van der Waals surface area contributed by atoms with Crippen molar-refractivity contribution in [3.8, 4) is 11.5 Å². The molecule has 0 atom stereocenters. The number of nitrogens with zero attached hydrogens (tertiary/aromatic N) is 5. The Balaban J connectivity index is 1.42. The SMILES string of the molecule is Cc1nc(C)c(C(=O)N2CCC(c3noc(-c4ccncc4)n3)CC2)s1. The lowest BCUT2D eigenvalue weighted by molar-refractivity contribution is 0.0714. The van der Waals surface area contributed by atoms with Gasteiger partial charge >= 0.3 is 0 Å². The molecule has 0 N–H and O–H groups in total. The molecule has 0 saturated carbocycles. The highest BCUT2D eigenvalue weighted by Gasteiger charge is 2.29. The lowest BCUT2D eigenvalue weighted by atomic mass is 9.96. The van der Waals surface area contributed by atoms with E-state index in [0.717, 1.165) is 34.0 Å². The van der Waals surface area contributed by atoms with Gasteiger partial charge < -0.3 is 9.42 Å². The minimum absolute atomic E-state index is 0.0807. The van der Waals surface area contributed by atoms with Crippen molar-refractivity contribution in [2.24, 2.45) is 0 Å². The summed E-state index contributed by atoms with van der Waals surface area (Å²) in [6, 6.07) is 3.69. The van der Waals surface area contributed by atoms with Crippen LogP contribution in [0.5, 0.6) is 0 Å². The molecule has 0 radical (unpaired) electrons. The molecule has 0 unspecified atom stereocenters. The number of aryl methyl sites for hydroxylation is 2. The van der Waals surface area contributed by atoms with Gasteiger partial charge in [-0.25, -0.2) is 4.98 Å². The largest absolute Gasteiger partial charge is 0.338 e. The predicted molar refractivity (Wildman–Crippen MR) is 97.0 cm³/mol. The molecule has 1 saturated heterocycles. The highest BCUT2D eigenvalue weighted by atomic mass is 32.1. The van der Waals surface area contributed by atoms with Crippen LogP contribution in [0.1, 0.15) is 45.0 Å². The lowest BCUT2D eigenvalue weighted by Crippen LogP contribution is -2.38. The number of amides is 1. The summed E-state index contributed by atoms with van der Waals surface area (Å²) in [5.74, 6) is 1.52. The number of hydrogen-bond donors (Lipinski definition) is 0. The van der Waals surface area contributed by atoms with E-state index in [0.29, 0.717) is 24.8 Å². The molecule has 0 aromatic carbocycles. The van der Waals surface area contributed by atoms with Gasteiger partial charge in [0, 0.05) is 37.0 Å². The van der Waals surface area contributed by atoms with Crippen molar-refractivity contribution in [1.82, 2.24) is 25.0 Å². The minimum Gasteiger partial charge on any atom is -0.338 e. The van der Waals surface area contributed by atoms with Crippen molar-refractivity contribution in [1.29, 1.82) is 0 Å². The van der Waals surface area contributed by atoms with Crippen LogP contribution in [-0.2, 0) is 0 Å². The number of rotatable bonds is 3. The predicted octanol–water partition coefficient (Wildman–Crippen LogP) is 3.22. The first-order valence-electron chi connectivity index (χ1n) is 8.59. The first-order valence-corrected chi connectivity index (χ1v) is 9.41. The van der Waals surface area contributed by atoms with Gasteiger partial charge in [0.25, 0.3) is 11.8 Å². The Morgan fingerprint density at radius 1 is 1.19 bits per heavy atom. The Kier molecular flexibility index (Phi) is 4.50. The van der Waals surface area contributed by atoms with E-state index in [1.807, 2.05) is 30.9 Å². The van der Waals surface area contributed by atoms with Crippen molar-refractivity contribution >= 4 is 17.2 Å². The van der Waals surface area contributed by atoms with Crippen LogP contribution in [0, 0.1) is 13.8 Å². The van der Waals surface area contributed by atoms with Crippen molar-refractivity contribution in [3.05, 3.63) is 45.9 Å². The monoisotopic (exact) mass is 369 g/mol. The van der Waals surface area contributed by atoms with Crippen molar-refractivity contribution in [2.75, 3.05) is 13.1 Å². The molecular weight excluding hydrogens is 350 g/mol. The summed E-state index contributed by atoms with van der Waals surface area (Å²) in [5.41, 5.74) is 1.68. The first kappa shape index (κ1) is 16.8. The van der Waals surface area contributed by atoms with Crippen molar-refractivity contribution < 1.29 is 9.32 Å². The summed E-state index contributed by atoms with van der Waals surface area (Å²) < 4.78 is 5.39. The zero-order chi connectivity index (χ0) is 18.1. The van der Waals surface area contributed by atoms with E-state index in [1.54, 1.807) is 12.4 Å². The third-order valence-corrected chi connectivity index (χ3v) is 5.67. The molecule has 8 heteroatoms. The molecule has 4 rings (SSSR count).